The first-order valence-electron chi connectivity index (χ1n) is 10.1. The summed E-state index contributed by atoms with van der Waals surface area (Å²) < 4.78 is 5.07. The normalized spacial score (nSPS) is 15.2. The van der Waals surface area contributed by atoms with Crippen LogP contribution in [0, 0.1) is 0 Å². The number of pyridine rings is 1. The highest BCUT2D eigenvalue weighted by atomic mass is 16.5. The number of amides is 1. The van der Waals surface area contributed by atoms with Crippen molar-refractivity contribution in [2.45, 2.75) is 25.7 Å². The van der Waals surface area contributed by atoms with E-state index in [1.807, 2.05) is 18.2 Å². The lowest BCUT2D eigenvalue weighted by atomic mass is 10.2. The molecule has 2 aromatic heterocycles. The zero-order chi connectivity index (χ0) is 20.1. The number of fused-ring (bicyclic) bond motifs is 1. The number of nitrogens with one attached hydrogen (secondary N) is 2. The first-order valence-corrected chi connectivity index (χ1v) is 10.1. The molecule has 0 spiro atoms. The van der Waals surface area contributed by atoms with E-state index in [9.17, 15) is 4.79 Å². The molecular weight excluding hydrogens is 368 g/mol. The topological polar surface area (TPSA) is 109 Å². The Balaban J connectivity index is 1.52. The molecule has 0 radical (unpaired) electrons. The van der Waals surface area contributed by atoms with Crippen molar-refractivity contribution in [3.8, 4) is 17.1 Å². The molecule has 4 rings (SSSR count). The maximum Gasteiger partial charge on any atom is 0.410 e. The lowest BCUT2D eigenvalue weighted by Crippen LogP contribution is -2.30. The SMILES string of the molecule is NC(=O)Oc1cccc2[nH]c(-c3cccnc3NCCN3CCCCCC3)nc12. The van der Waals surface area contributed by atoms with E-state index >= 15 is 0 Å². The number of H-pyrrole nitrogens is 1. The Labute approximate surface area is 169 Å². The number of anilines is 1. The van der Waals surface area contributed by atoms with Gasteiger partial charge in [-0.3, -0.25) is 0 Å². The van der Waals surface area contributed by atoms with Crippen molar-refractivity contribution >= 4 is 22.9 Å². The zero-order valence-corrected chi connectivity index (χ0v) is 16.4. The average Bonchev–Trinajstić information content (AvgIpc) is 2.98. The van der Waals surface area contributed by atoms with Crippen molar-refractivity contribution in [3.63, 3.8) is 0 Å². The van der Waals surface area contributed by atoms with Gasteiger partial charge >= 0.3 is 6.09 Å². The second-order valence-electron chi connectivity index (χ2n) is 7.24. The summed E-state index contributed by atoms with van der Waals surface area (Å²) in [7, 11) is 0. The molecule has 1 aliphatic heterocycles. The monoisotopic (exact) mass is 394 g/mol. The Morgan fingerprint density at radius 3 is 2.79 bits per heavy atom. The van der Waals surface area contributed by atoms with Gasteiger partial charge in [-0.15, -0.1) is 0 Å². The molecule has 1 amide bonds. The van der Waals surface area contributed by atoms with Crippen molar-refractivity contribution in [2.24, 2.45) is 5.73 Å². The number of nitrogens with zero attached hydrogens (tertiary/aromatic N) is 3. The molecule has 1 aliphatic rings. The fourth-order valence-corrected chi connectivity index (χ4v) is 3.75. The number of hydrogen-bond acceptors (Lipinski definition) is 6. The maximum absolute atomic E-state index is 11.2. The van der Waals surface area contributed by atoms with E-state index in [1.165, 1.54) is 38.8 Å². The van der Waals surface area contributed by atoms with Crippen LogP contribution >= 0.6 is 0 Å². The third kappa shape index (κ3) is 4.65. The lowest BCUT2D eigenvalue weighted by molar-refractivity contribution is 0.211. The van der Waals surface area contributed by atoms with Crippen LogP contribution in [0.25, 0.3) is 22.4 Å². The number of para-hydroxylation sites is 1. The molecule has 4 N–H and O–H groups in total. The second kappa shape index (κ2) is 8.91. The van der Waals surface area contributed by atoms with Crippen molar-refractivity contribution in [1.29, 1.82) is 0 Å². The predicted octanol–water partition coefficient (Wildman–Crippen LogP) is 3.37. The minimum Gasteiger partial charge on any atom is -0.408 e. The summed E-state index contributed by atoms with van der Waals surface area (Å²) in [6, 6.07) is 9.17. The van der Waals surface area contributed by atoms with Gasteiger partial charge in [-0.2, -0.15) is 0 Å². The molecule has 3 heterocycles. The summed E-state index contributed by atoms with van der Waals surface area (Å²) in [5.74, 6) is 1.77. The van der Waals surface area contributed by atoms with Crippen LogP contribution in [0.1, 0.15) is 25.7 Å². The van der Waals surface area contributed by atoms with Gasteiger partial charge in [0, 0.05) is 19.3 Å². The predicted molar refractivity (Wildman–Crippen MR) is 113 cm³/mol. The van der Waals surface area contributed by atoms with Gasteiger partial charge in [0.05, 0.1) is 11.1 Å². The van der Waals surface area contributed by atoms with E-state index in [0.29, 0.717) is 17.1 Å². The summed E-state index contributed by atoms with van der Waals surface area (Å²) >= 11 is 0. The van der Waals surface area contributed by atoms with Gasteiger partial charge < -0.3 is 25.7 Å². The molecule has 0 bridgehead atoms. The van der Waals surface area contributed by atoms with Gasteiger partial charge in [0.1, 0.15) is 17.2 Å². The summed E-state index contributed by atoms with van der Waals surface area (Å²) in [6.07, 6.45) is 6.14. The number of ether oxygens (including phenoxy) is 1. The molecule has 29 heavy (non-hydrogen) atoms. The van der Waals surface area contributed by atoms with E-state index in [-0.39, 0.29) is 0 Å². The molecule has 1 fully saturated rings. The number of carbonyl (C=O) groups is 1. The van der Waals surface area contributed by atoms with Crippen LogP contribution in [-0.2, 0) is 0 Å². The number of hydrogen-bond donors (Lipinski definition) is 3. The van der Waals surface area contributed by atoms with Crippen LogP contribution < -0.4 is 15.8 Å². The standard InChI is InChI=1S/C21H26N6O2/c22-21(28)29-17-9-5-8-16-18(17)26-20(25-16)15-7-6-10-23-19(15)24-11-14-27-12-3-1-2-4-13-27/h5-10H,1-4,11-14H2,(H2,22,28)(H,23,24)(H,25,26). The number of rotatable bonds is 6. The molecule has 0 atom stereocenters. The fraction of sp³-hybridized carbons (Fsp3) is 0.381. The molecule has 3 aromatic rings. The van der Waals surface area contributed by atoms with Gasteiger partial charge in [-0.05, 0) is 50.2 Å². The molecule has 1 saturated heterocycles. The fourth-order valence-electron chi connectivity index (χ4n) is 3.75. The number of aromatic nitrogens is 3. The minimum absolute atomic E-state index is 0.331. The highest BCUT2D eigenvalue weighted by molar-refractivity contribution is 5.88. The molecular formula is C21H26N6O2. The molecule has 1 aromatic carbocycles. The van der Waals surface area contributed by atoms with Gasteiger partial charge in [0.25, 0.3) is 0 Å². The van der Waals surface area contributed by atoms with Crippen LogP contribution in [0.4, 0.5) is 10.6 Å². The van der Waals surface area contributed by atoms with Crippen molar-refractivity contribution < 1.29 is 9.53 Å². The van der Waals surface area contributed by atoms with Crippen LogP contribution in [0.15, 0.2) is 36.5 Å². The Morgan fingerprint density at radius 2 is 2.00 bits per heavy atom. The molecule has 0 unspecified atom stereocenters. The number of aromatic amines is 1. The summed E-state index contributed by atoms with van der Waals surface area (Å²) in [6.45, 7) is 4.15. The molecule has 8 nitrogen and oxygen atoms in total. The maximum atomic E-state index is 11.2. The summed E-state index contributed by atoms with van der Waals surface area (Å²) in [4.78, 5) is 26.1. The van der Waals surface area contributed by atoms with Gasteiger partial charge in [0.15, 0.2) is 5.75 Å². The number of benzene rings is 1. The molecule has 0 aliphatic carbocycles. The van der Waals surface area contributed by atoms with Crippen molar-refractivity contribution in [3.05, 3.63) is 36.5 Å². The smallest absolute Gasteiger partial charge is 0.408 e. The third-order valence-corrected chi connectivity index (χ3v) is 5.17. The third-order valence-electron chi connectivity index (χ3n) is 5.17. The van der Waals surface area contributed by atoms with Gasteiger partial charge in [-0.25, -0.2) is 14.8 Å². The average molecular weight is 394 g/mol. The van der Waals surface area contributed by atoms with Crippen LogP contribution in [0.2, 0.25) is 0 Å². The van der Waals surface area contributed by atoms with E-state index < -0.39 is 6.09 Å². The quantitative estimate of drug-likeness (QED) is 0.591. The van der Waals surface area contributed by atoms with E-state index in [1.54, 1.807) is 18.3 Å². The second-order valence-corrected chi connectivity index (χ2v) is 7.24. The first kappa shape index (κ1) is 19.2. The first-order chi connectivity index (χ1) is 14.2. The molecule has 8 heteroatoms. The van der Waals surface area contributed by atoms with E-state index in [0.717, 1.165) is 30.0 Å². The van der Waals surface area contributed by atoms with Crippen LogP contribution in [-0.4, -0.2) is 52.1 Å². The Hall–Kier alpha value is -3.13. The van der Waals surface area contributed by atoms with E-state index in [2.05, 4.69) is 25.2 Å². The Bertz CT molecular complexity index is 978. The van der Waals surface area contributed by atoms with Crippen molar-refractivity contribution in [2.75, 3.05) is 31.5 Å². The number of carbonyl (C=O) groups excluding carboxylic acids is 1. The highest BCUT2D eigenvalue weighted by Gasteiger charge is 2.15. The summed E-state index contributed by atoms with van der Waals surface area (Å²) in [5.41, 5.74) is 7.34. The number of primary amides is 1. The van der Waals surface area contributed by atoms with Crippen molar-refractivity contribution in [1.82, 2.24) is 19.9 Å². The van der Waals surface area contributed by atoms with Gasteiger partial charge in [-0.1, -0.05) is 18.9 Å². The highest BCUT2D eigenvalue weighted by Crippen LogP contribution is 2.30. The van der Waals surface area contributed by atoms with Crippen LogP contribution in [0.3, 0.4) is 0 Å². The number of imidazole rings is 1. The Kier molecular flexibility index (Phi) is 5.90. The van der Waals surface area contributed by atoms with E-state index in [4.69, 9.17) is 10.5 Å². The minimum atomic E-state index is -0.862. The Morgan fingerprint density at radius 1 is 1.17 bits per heavy atom. The summed E-state index contributed by atoms with van der Waals surface area (Å²) in [5, 5.41) is 3.45. The largest absolute Gasteiger partial charge is 0.410 e. The molecule has 152 valence electrons. The number of nitrogens with two attached hydrogens (primary N) is 1. The molecule has 0 saturated carbocycles. The zero-order valence-electron chi connectivity index (χ0n) is 16.4. The number of likely N-dealkylation sites (tertiary alicyclic amines) is 1. The van der Waals surface area contributed by atoms with Gasteiger partial charge in [0.2, 0.25) is 0 Å². The van der Waals surface area contributed by atoms with Crippen LogP contribution in [0.5, 0.6) is 5.75 Å². The lowest BCUT2D eigenvalue weighted by Gasteiger charge is -2.20.